The van der Waals surface area contributed by atoms with Gasteiger partial charge in [0.05, 0.1) is 0 Å². The van der Waals surface area contributed by atoms with Crippen molar-refractivity contribution in [2.45, 2.75) is 6.61 Å². The number of aromatic nitrogens is 1. The van der Waals surface area contributed by atoms with Crippen LogP contribution >= 0.6 is 0 Å². The number of amides is 1. The quantitative estimate of drug-likeness (QED) is 0.459. The summed E-state index contributed by atoms with van der Waals surface area (Å²) in [4.78, 5) is 39.1. The van der Waals surface area contributed by atoms with Gasteiger partial charge in [0.1, 0.15) is 13.2 Å². The standard InChI is InChI=1S/C16H13N3O6/c20-14-10-24-12-6-7-13(19(22)23)17-16(12)18(14)8-15(21)25-9-11-4-2-1-3-5-11/h1-7H,8-10H2. The number of pyridine rings is 1. The second-order valence-electron chi connectivity index (χ2n) is 5.16. The number of carbonyl (C=O) groups is 2. The summed E-state index contributed by atoms with van der Waals surface area (Å²) in [6.45, 7) is -0.623. The largest absolute Gasteiger partial charge is 0.477 e. The highest BCUT2D eigenvalue weighted by Gasteiger charge is 2.33. The third-order valence-electron chi connectivity index (χ3n) is 3.45. The van der Waals surface area contributed by atoms with Crippen LogP contribution in [0.5, 0.6) is 5.75 Å². The number of hydrogen-bond donors (Lipinski definition) is 0. The molecule has 2 heterocycles. The molecule has 0 bridgehead atoms. The van der Waals surface area contributed by atoms with Crippen molar-refractivity contribution < 1.29 is 24.0 Å². The van der Waals surface area contributed by atoms with Crippen molar-refractivity contribution in [2.75, 3.05) is 18.1 Å². The Bertz CT molecular complexity index is 824. The Balaban J connectivity index is 1.73. The van der Waals surface area contributed by atoms with Gasteiger partial charge in [0.25, 0.3) is 11.7 Å². The van der Waals surface area contributed by atoms with Crippen molar-refractivity contribution in [1.29, 1.82) is 0 Å². The number of fused-ring (bicyclic) bond motifs is 1. The van der Waals surface area contributed by atoms with Gasteiger partial charge < -0.3 is 19.6 Å². The summed E-state index contributed by atoms with van der Waals surface area (Å²) < 4.78 is 10.3. The normalized spacial score (nSPS) is 13.0. The zero-order chi connectivity index (χ0) is 17.8. The SMILES string of the molecule is O=C(CN1C(=O)COc2ccc([N+](=O)[O-])nc21)OCc1ccccc1. The Hall–Kier alpha value is -3.49. The number of hydrogen-bond acceptors (Lipinski definition) is 7. The molecule has 128 valence electrons. The first kappa shape index (κ1) is 16.4. The minimum Gasteiger partial charge on any atom is -0.477 e. The van der Waals surface area contributed by atoms with E-state index < -0.39 is 29.2 Å². The lowest BCUT2D eigenvalue weighted by atomic mass is 10.2. The lowest BCUT2D eigenvalue weighted by Crippen LogP contribution is -2.43. The minimum absolute atomic E-state index is 0.0629. The molecule has 0 atom stereocenters. The van der Waals surface area contributed by atoms with Crippen LogP contribution in [0.4, 0.5) is 11.6 Å². The Labute approximate surface area is 141 Å². The molecule has 0 radical (unpaired) electrons. The molecule has 1 aliphatic rings. The highest BCUT2D eigenvalue weighted by Crippen LogP contribution is 2.31. The first-order chi connectivity index (χ1) is 12.0. The number of esters is 1. The molecular formula is C16H13N3O6. The minimum atomic E-state index is -0.689. The Morgan fingerprint density at radius 2 is 2.04 bits per heavy atom. The molecule has 0 fully saturated rings. The predicted octanol–water partition coefficient (Wildman–Crippen LogP) is 1.46. The lowest BCUT2D eigenvalue weighted by Gasteiger charge is -2.24. The van der Waals surface area contributed by atoms with E-state index in [0.717, 1.165) is 10.5 Å². The molecule has 1 aromatic carbocycles. The van der Waals surface area contributed by atoms with Gasteiger partial charge in [0.15, 0.2) is 12.4 Å². The molecule has 1 amide bonds. The zero-order valence-electron chi connectivity index (χ0n) is 13.0. The molecule has 3 rings (SSSR count). The zero-order valence-corrected chi connectivity index (χ0v) is 13.0. The van der Waals surface area contributed by atoms with Gasteiger partial charge in [-0.15, -0.1) is 0 Å². The van der Waals surface area contributed by atoms with Crippen molar-refractivity contribution in [3.8, 4) is 5.75 Å². The van der Waals surface area contributed by atoms with Crippen LogP contribution in [0.3, 0.4) is 0 Å². The fourth-order valence-corrected chi connectivity index (χ4v) is 2.24. The highest BCUT2D eigenvalue weighted by atomic mass is 16.6. The number of anilines is 1. The van der Waals surface area contributed by atoms with Crippen LogP contribution in [0, 0.1) is 10.1 Å². The van der Waals surface area contributed by atoms with E-state index in [1.807, 2.05) is 18.2 Å². The maximum atomic E-state index is 12.0. The summed E-state index contributed by atoms with van der Waals surface area (Å²) in [5.74, 6) is -1.50. The average Bonchev–Trinajstić information content (AvgIpc) is 2.63. The topological polar surface area (TPSA) is 112 Å². The summed E-state index contributed by atoms with van der Waals surface area (Å²) in [5, 5.41) is 10.9. The van der Waals surface area contributed by atoms with Gasteiger partial charge in [0, 0.05) is 6.07 Å². The summed E-state index contributed by atoms with van der Waals surface area (Å²) in [5.41, 5.74) is 0.804. The maximum Gasteiger partial charge on any atom is 0.366 e. The number of nitrogens with zero attached hydrogens (tertiary/aromatic N) is 3. The van der Waals surface area contributed by atoms with Crippen LogP contribution in [0.15, 0.2) is 42.5 Å². The van der Waals surface area contributed by atoms with E-state index in [0.29, 0.717) is 0 Å². The lowest BCUT2D eigenvalue weighted by molar-refractivity contribution is -0.389. The monoisotopic (exact) mass is 343 g/mol. The number of benzene rings is 1. The molecule has 1 aromatic heterocycles. The first-order valence-electron chi connectivity index (χ1n) is 7.33. The Morgan fingerprint density at radius 3 is 2.76 bits per heavy atom. The van der Waals surface area contributed by atoms with Gasteiger partial charge in [-0.3, -0.25) is 14.5 Å². The molecule has 0 saturated carbocycles. The number of rotatable bonds is 5. The molecule has 0 saturated heterocycles. The first-order valence-corrected chi connectivity index (χ1v) is 7.33. The van der Waals surface area contributed by atoms with Crippen LogP contribution in [0.25, 0.3) is 0 Å². The fourth-order valence-electron chi connectivity index (χ4n) is 2.24. The summed E-state index contributed by atoms with van der Waals surface area (Å²) in [6, 6.07) is 11.6. The third kappa shape index (κ3) is 3.71. The highest BCUT2D eigenvalue weighted by molar-refractivity contribution is 6.00. The molecule has 0 spiro atoms. The molecule has 25 heavy (non-hydrogen) atoms. The van der Waals surface area contributed by atoms with Gasteiger partial charge >= 0.3 is 11.8 Å². The van der Waals surface area contributed by atoms with Crippen molar-refractivity contribution in [3.05, 3.63) is 58.1 Å². The van der Waals surface area contributed by atoms with E-state index in [9.17, 15) is 19.7 Å². The predicted molar refractivity (Wildman–Crippen MR) is 85.0 cm³/mol. The fraction of sp³-hybridized carbons (Fsp3) is 0.188. The number of nitro groups is 1. The average molecular weight is 343 g/mol. The third-order valence-corrected chi connectivity index (χ3v) is 3.45. The van der Waals surface area contributed by atoms with Gasteiger partial charge in [-0.05, 0) is 21.5 Å². The van der Waals surface area contributed by atoms with E-state index >= 15 is 0 Å². The van der Waals surface area contributed by atoms with E-state index in [-0.39, 0.29) is 24.8 Å². The van der Waals surface area contributed by atoms with Gasteiger partial charge in [-0.1, -0.05) is 30.3 Å². The van der Waals surface area contributed by atoms with Gasteiger partial charge in [-0.25, -0.2) is 0 Å². The van der Waals surface area contributed by atoms with Crippen molar-refractivity contribution >= 4 is 23.5 Å². The van der Waals surface area contributed by atoms with Crippen LogP contribution in [0.1, 0.15) is 5.56 Å². The van der Waals surface area contributed by atoms with E-state index in [2.05, 4.69) is 4.98 Å². The molecule has 2 aromatic rings. The van der Waals surface area contributed by atoms with Crippen LogP contribution in [0.2, 0.25) is 0 Å². The molecular weight excluding hydrogens is 330 g/mol. The number of ether oxygens (including phenoxy) is 2. The van der Waals surface area contributed by atoms with Crippen LogP contribution in [-0.4, -0.2) is 34.9 Å². The smallest absolute Gasteiger partial charge is 0.366 e. The Morgan fingerprint density at radius 1 is 1.28 bits per heavy atom. The Kier molecular flexibility index (Phi) is 4.55. The number of carbonyl (C=O) groups excluding carboxylic acids is 2. The molecule has 9 nitrogen and oxygen atoms in total. The second-order valence-corrected chi connectivity index (χ2v) is 5.16. The molecule has 0 N–H and O–H groups in total. The van der Waals surface area contributed by atoms with Crippen molar-refractivity contribution in [3.63, 3.8) is 0 Å². The summed E-state index contributed by atoms with van der Waals surface area (Å²) in [6.07, 6.45) is 0. The molecule has 0 aliphatic carbocycles. The van der Waals surface area contributed by atoms with Crippen molar-refractivity contribution in [1.82, 2.24) is 4.98 Å². The van der Waals surface area contributed by atoms with Crippen LogP contribution in [-0.2, 0) is 20.9 Å². The van der Waals surface area contributed by atoms with E-state index in [1.165, 1.54) is 12.1 Å². The maximum absolute atomic E-state index is 12.0. The summed E-state index contributed by atoms with van der Waals surface area (Å²) >= 11 is 0. The summed E-state index contributed by atoms with van der Waals surface area (Å²) in [7, 11) is 0. The van der Waals surface area contributed by atoms with E-state index in [1.54, 1.807) is 12.1 Å². The van der Waals surface area contributed by atoms with Gasteiger partial charge in [0.2, 0.25) is 0 Å². The van der Waals surface area contributed by atoms with Crippen LogP contribution < -0.4 is 9.64 Å². The molecule has 0 unspecified atom stereocenters. The molecule has 1 aliphatic heterocycles. The second kappa shape index (κ2) is 6.95. The van der Waals surface area contributed by atoms with Crippen molar-refractivity contribution in [2.24, 2.45) is 0 Å². The van der Waals surface area contributed by atoms with E-state index in [4.69, 9.17) is 9.47 Å². The molecule has 9 heteroatoms. The van der Waals surface area contributed by atoms with Gasteiger partial charge in [-0.2, -0.15) is 0 Å².